The number of hydrogen-bond donors (Lipinski definition) is 1. The Morgan fingerprint density at radius 1 is 0.682 bits per heavy atom. The molecule has 0 bridgehead atoms. The fourth-order valence-electron chi connectivity index (χ4n) is 4.42. The van der Waals surface area contributed by atoms with Crippen LogP contribution in [0, 0.1) is 13.8 Å². The number of fused-ring (bicyclic) bond motifs is 1. The van der Waals surface area contributed by atoms with Gasteiger partial charge in [0.15, 0.2) is 0 Å². The second kappa shape index (κ2) is 14.7. The summed E-state index contributed by atoms with van der Waals surface area (Å²) in [6.45, 7) is 3.78. The number of hydrogen-bond acceptors (Lipinski definition) is 9. The average molecular weight is 625 g/mol. The molecule has 0 amide bonds. The molecule has 0 aliphatic heterocycles. The molecule has 10 nitrogen and oxygen atoms in total. The summed E-state index contributed by atoms with van der Waals surface area (Å²) < 4.78 is 33.1. The van der Waals surface area contributed by atoms with E-state index in [9.17, 15) is 28.0 Å². The van der Waals surface area contributed by atoms with Gasteiger partial charge in [-0.15, -0.1) is 5.11 Å². The van der Waals surface area contributed by atoms with Crippen molar-refractivity contribution in [2.75, 3.05) is 0 Å². The Labute approximate surface area is 297 Å². The SMILES string of the molecule is Cc1cc(-c2ccc(N=Nc3ccc(S(=O)(=O)O)c4ccccc34)c(C)c2)ccc1N=Nc1ccc([O-])c(C(=O)[O-])c1.[Na+].[Na+]. The minimum absolute atomic E-state index is 0. The minimum atomic E-state index is -4.39. The zero-order chi connectivity index (χ0) is 30.0. The molecule has 1 N–H and O–H groups in total. The van der Waals surface area contributed by atoms with Crippen molar-refractivity contribution in [3.05, 3.63) is 108 Å². The van der Waals surface area contributed by atoms with Crippen molar-refractivity contribution in [1.29, 1.82) is 0 Å². The number of azo groups is 2. The monoisotopic (exact) mass is 624 g/mol. The van der Waals surface area contributed by atoms with E-state index < -0.39 is 27.4 Å². The number of rotatable bonds is 7. The first-order valence-electron chi connectivity index (χ1n) is 12.6. The molecule has 0 unspecified atom stereocenters. The molecule has 44 heavy (non-hydrogen) atoms. The Hall–Kier alpha value is -3.26. The maximum atomic E-state index is 11.8. The molecule has 0 aromatic heterocycles. The first-order chi connectivity index (χ1) is 20.0. The summed E-state index contributed by atoms with van der Waals surface area (Å²) in [7, 11) is -4.39. The minimum Gasteiger partial charge on any atom is -0.872 e. The molecule has 5 aromatic carbocycles. The van der Waals surface area contributed by atoms with Gasteiger partial charge in [0, 0.05) is 10.8 Å². The Balaban J connectivity index is 0.00000264. The number of aryl methyl sites for hydroxylation is 2. The van der Waals surface area contributed by atoms with Crippen molar-refractivity contribution < 1.29 is 87.1 Å². The van der Waals surface area contributed by atoms with Crippen LogP contribution in [0.15, 0.2) is 116 Å². The molecule has 0 fully saturated rings. The zero-order valence-corrected chi connectivity index (χ0v) is 29.2. The van der Waals surface area contributed by atoms with Gasteiger partial charge in [-0.1, -0.05) is 48.2 Å². The molecule has 0 aliphatic rings. The van der Waals surface area contributed by atoms with Gasteiger partial charge in [-0.2, -0.15) is 23.8 Å². The van der Waals surface area contributed by atoms with Crippen molar-refractivity contribution in [1.82, 2.24) is 0 Å². The normalized spacial score (nSPS) is 11.4. The number of carbonyl (C=O) groups is 1. The number of aromatic carboxylic acids is 1. The molecule has 0 saturated carbocycles. The van der Waals surface area contributed by atoms with Crippen LogP contribution in [0.1, 0.15) is 21.5 Å². The van der Waals surface area contributed by atoms with Crippen LogP contribution in [-0.4, -0.2) is 18.9 Å². The van der Waals surface area contributed by atoms with E-state index in [1.165, 1.54) is 18.2 Å². The average Bonchev–Trinajstić information content (AvgIpc) is 2.95. The smallest absolute Gasteiger partial charge is 0.872 e. The van der Waals surface area contributed by atoms with Crippen LogP contribution in [0.3, 0.4) is 0 Å². The van der Waals surface area contributed by atoms with E-state index >= 15 is 0 Å². The molecular weight excluding hydrogens is 602 g/mol. The second-order valence-electron chi connectivity index (χ2n) is 9.47. The summed E-state index contributed by atoms with van der Waals surface area (Å²) in [5.41, 5.74) is 4.98. The van der Waals surface area contributed by atoms with E-state index in [4.69, 9.17) is 0 Å². The first kappa shape index (κ1) is 35.2. The Kier molecular flexibility index (Phi) is 11.8. The molecule has 13 heteroatoms. The maximum absolute atomic E-state index is 11.8. The Morgan fingerprint density at radius 2 is 1.20 bits per heavy atom. The van der Waals surface area contributed by atoms with Crippen molar-refractivity contribution in [2.45, 2.75) is 18.7 Å². The van der Waals surface area contributed by atoms with Crippen molar-refractivity contribution in [3.8, 4) is 16.9 Å². The van der Waals surface area contributed by atoms with Gasteiger partial charge in [0.25, 0.3) is 10.1 Å². The van der Waals surface area contributed by atoms with Crippen LogP contribution in [0.25, 0.3) is 21.9 Å². The quantitative estimate of drug-likeness (QED) is 0.159. The van der Waals surface area contributed by atoms with Gasteiger partial charge in [0.1, 0.15) is 4.90 Å². The number of benzene rings is 5. The van der Waals surface area contributed by atoms with Crippen LogP contribution in [-0.2, 0) is 10.1 Å². The third-order valence-corrected chi connectivity index (χ3v) is 7.50. The van der Waals surface area contributed by atoms with Gasteiger partial charge >= 0.3 is 59.1 Å². The molecule has 0 radical (unpaired) electrons. The Morgan fingerprint density at radius 3 is 1.75 bits per heavy atom. The third kappa shape index (κ3) is 7.87. The van der Waals surface area contributed by atoms with Gasteiger partial charge in [0.2, 0.25) is 0 Å². The van der Waals surface area contributed by atoms with Gasteiger partial charge in [-0.3, -0.25) is 4.55 Å². The predicted molar refractivity (Wildman–Crippen MR) is 154 cm³/mol. The standard InChI is InChI=1S/C31H24N4O6S.2Na/c1-18-15-20(7-10-26(18)33-32-22-9-13-29(36)25(17-22)31(37)38)21-8-11-27(19(2)16-21)34-35-28-12-14-30(42(39,40)41)24-6-4-3-5-23(24)28;;/h3-17,36H,1-2H3,(H,37,38)(H,39,40,41);;/q;2*+1/p-2. The van der Waals surface area contributed by atoms with Crippen LogP contribution in [0.2, 0.25) is 0 Å². The summed E-state index contributed by atoms with van der Waals surface area (Å²) in [4.78, 5) is 10.9. The molecule has 5 rings (SSSR count). The van der Waals surface area contributed by atoms with E-state index in [1.807, 2.05) is 44.2 Å². The molecule has 210 valence electrons. The van der Waals surface area contributed by atoms with Crippen LogP contribution in [0.4, 0.5) is 22.7 Å². The third-order valence-electron chi connectivity index (χ3n) is 6.59. The van der Waals surface area contributed by atoms with Gasteiger partial charge in [-0.05, 0) is 90.2 Å². The zero-order valence-electron chi connectivity index (χ0n) is 24.3. The molecular formula is C31H22N4Na2O6S. The largest absolute Gasteiger partial charge is 1.00 e. The van der Waals surface area contributed by atoms with E-state index in [0.717, 1.165) is 34.4 Å². The van der Waals surface area contributed by atoms with E-state index in [0.29, 0.717) is 27.8 Å². The molecule has 5 aromatic rings. The fraction of sp³-hybridized carbons (Fsp3) is 0.0645. The molecule has 0 spiro atoms. The van der Waals surface area contributed by atoms with Crippen LogP contribution in [0.5, 0.6) is 5.75 Å². The van der Waals surface area contributed by atoms with E-state index in [1.54, 1.807) is 30.3 Å². The van der Waals surface area contributed by atoms with E-state index in [-0.39, 0.29) is 69.7 Å². The Bertz CT molecular complexity index is 2050. The van der Waals surface area contributed by atoms with Gasteiger partial charge in [-0.25, -0.2) is 0 Å². The van der Waals surface area contributed by atoms with Gasteiger partial charge in [0.05, 0.1) is 28.7 Å². The molecule has 0 heterocycles. The number of carbonyl (C=O) groups excluding carboxylic acids is 1. The predicted octanol–water partition coefficient (Wildman–Crippen LogP) is 0.646. The van der Waals surface area contributed by atoms with Crippen molar-refractivity contribution >= 4 is 49.6 Å². The summed E-state index contributed by atoms with van der Waals surface area (Å²) in [6, 6.07) is 24.5. The van der Waals surface area contributed by atoms with Crippen LogP contribution >= 0.6 is 0 Å². The molecule has 0 aliphatic carbocycles. The van der Waals surface area contributed by atoms with Crippen LogP contribution < -0.4 is 69.3 Å². The summed E-state index contributed by atoms with van der Waals surface area (Å²) in [5.74, 6) is -2.22. The number of carboxylic acid groups (broad SMARTS) is 1. The number of carboxylic acids is 1. The van der Waals surface area contributed by atoms with E-state index in [2.05, 4.69) is 20.5 Å². The molecule has 0 saturated heterocycles. The maximum Gasteiger partial charge on any atom is 1.00 e. The van der Waals surface area contributed by atoms with Crippen molar-refractivity contribution in [2.24, 2.45) is 20.5 Å². The number of nitrogens with zero attached hydrogens (tertiary/aromatic N) is 4. The summed E-state index contributed by atoms with van der Waals surface area (Å²) in [6.07, 6.45) is 0. The first-order valence-corrected chi connectivity index (χ1v) is 14.0. The second-order valence-corrected chi connectivity index (χ2v) is 10.9. The topological polar surface area (TPSA) is 167 Å². The van der Waals surface area contributed by atoms with Gasteiger partial charge < -0.3 is 15.0 Å². The fourth-order valence-corrected chi connectivity index (χ4v) is 5.12. The summed E-state index contributed by atoms with van der Waals surface area (Å²) in [5, 5.41) is 40.6. The van der Waals surface area contributed by atoms with Crippen molar-refractivity contribution in [3.63, 3.8) is 0 Å². The summed E-state index contributed by atoms with van der Waals surface area (Å²) >= 11 is 0. The molecule has 0 atom stereocenters.